The van der Waals surface area contributed by atoms with Gasteiger partial charge in [-0.25, -0.2) is 0 Å². The van der Waals surface area contributed by atoms with Gasteiger partial charge in [-0.3, -0.25) is 4.90 Å². The van der Waals surface area contributed by atoms with Crippen LogP contribution in [-0.2, 0) is 5.54 Å². The Kier molecular flexibility index (Phi) is 3.11. The van der Waals surface area contributed by atoms with Crippen LogP contribution in [0.2, 0.25) is 0 Å². The first kappa shape index (κ1) is 12.4. The molecule has 0 amide bonds. The third-order valence-electron chi connectivity index (χ3n) is 4.02. The molecule has 2 unspecified atom stereocenters. The largest absolute Gasteiger partial charge is 0.337 e. The Bertz CT molecular complexity index is 429. The maximum absolute atomic E-state index is 6.31. The van der Waals surface area contributed by atoms with Crippen LogP contribution in [0, 0.1) is 5.92 Å². The molecule has 6 heteroatoms. The van der Waals surface area contributed by atoms with Crippen LogP contribution in [0.1, 0.15) is 37.5 Å². The number of hydrogen-bond acceptors (Lipinski definition) is 6. The van der Waals surface area contributed by atoms with Crippen LogP contribution in [0.4, 0.5) is 0 Å². The Morgan fingerprint density at radius 3 is 2.94 bits per heavy atom. The van der Waals surface area contributed by atoms with Crippen molar-refractivity contribution in [3.05, 3.63) is 11.7 Å². The molecule has 0 bridgehead atoms. The van der Waals surface area contributed by atoms with E-state index in [1.165, 1.54) is 18.6 Å². The molecule has 2 aliphatic rings. The Morgan fingerprint density at radius 2 is 2.28 bits per heavy atom. The second-order valence-corrected chi connectivity index (χ2v) is 6.74. The van der Waals surface area contributed by atoms with Gasteiger partial charge in [0.25, 0.3) is 0 Å². The third-order valence-corrected chi connectivity index (χ3v) is 5.04. The Labute approximate surface area is 111 Å². The average Bonchev–Trinajstić information content (AvgIpc) is 3.09. The summed E-state index contributed by atoms with van der Waals surface area (Å²) in [4.78, 5) is 6.85. The van der Waals surface area contributed by atoms with E-state index in [1.54, 1.807) is 0 Å². The van der Waals surface area contributed by atoms with Gasteiger partial charge >= 0.3 is 0 Å². The second-order valence-electron chi connectivity index (χ2n) is 5.59. The van der Waals surface area contributed by atoms with E-state index in [4.69, 9.17) is 10.3 Å². The maximum Gasteiger partial charge on any atom is 0.246 e. The lowest BCUT2D eigenvalue weighted by molar-refractivity contribution is 0.249. The molecule has 0 aromatic carbocycles. The van der Waals surface area contributed by atoms with Crippen LogP contribution in [0.15, 0.2) is 4.52 Å². The van der Waals surface area contributed by atoms with E-state index in [2.05, 4.69) is 22.1 Å². The number of thioether (sulfide) groups is 1. The Morgan fingerprint density at radius 1 is 1.50 bits per heavy atom. The lowest BCUT2D eigenvalue weighted by Gasteiger charge is -2.29. The lowest BCUT2D eigenvalue weighted by atomic mass is 9.97. The van der Waals surface area contributed by atoms with Gasteiger partial charge < -0.3 is 10.3 Å². The topological polar surface area (TPSA) is 68.2 Å². The molecule has 1 saturated heterocycles. The van der Waals surface area contributed by atoms with Crippen LogP contribution in [0.25, 0.3) is 0 Å². The summed E-state index contributed by atoms with van der Waals surface area (Å²) in [6, 6.07) is 0.260. The summed E-state index contributed by atoms with van der Waals surface area (Å²) in [7, 11) is 2.11. The molecule has 3 rings (SSSR count). The zero-order chi connectivity index (χ0) is 12.8. The number of aromatic nitrogens is 2. The fourth-order valence-electron chi connectivity index (χ4n) is 2.40. The highest BCUT2D eigenvalue weighted by atomic mass is 32.2. The fraction of sp³-hybridized carbons (Fsp3) is 0.833. The van der Waals surface area contributed by atoms with Crippen molar-refractivity contribution in [2.75, 3.05) is 25.1 Å². The van der Waals surface area contributed by atoms with Gasteiger partial charge in [-0.1, -0.05) is 5.16 Å². The fourth-order valence-corrected chi connectivity index (χ4v) is 3.62. The molecule has 18 heavy (non-hydrogen) atoms. The normalized spacial score (nSPS) is 29.2. The summed E-state index contributed by atoms with van der Waals surface area (Å²) in [6.07, 6.45) is 2.34. The van der Waals surface area contributed by atoms with E-state index >= 15 is 0 Å². The van der Waals surface area contributed by atoms with E-state index in [9.17, 15) is 0 Å². The number of nitrogens with zero attached hydrogens (tertiary/aromatic N) is 3. The number of rotatable bonds is 3. The quantitative estimate of drug-likeness (QED) is 0.893. The average molecular weight is 268 g/mol. The standard InChI is InChI=1S/C12H20N4OS/c1-12(13,8-3-4-8)11-14-10(15-17-11)9-7-18-6-5-16(9)2/h8-9H,3-7,13H2,1-2H3. The van der Waals surface area contributed by atoms with Crippen molar-refractivity contribution in [1.82, 2.24) is 15.0 Å². The first-order chi connectivity index (χ1) is 8.59. The van der Waals surface area contributed by atoms with Gasteiger partial charge in [-0.05, 0) is 32.7 Å². The van der Waals surface area contributed by atoms with E-state index in [0.717, 1.165) is 18.1 Å². The number of nitrogens with two attached hydrogens (primary N) is 1. The summed E-state index contributed by atoms with van der Waals surface area (Å²) in [5, 5.41) is 4.15. The molecule has 2 atom stereocenters. The molecule has 2 heterocycles. The monoisotopic (exact) mass is 268 g/mol. The van der Waals surface area contributed by atoms with Crippen LogP contribution in [0.5, 0.6) is 0 Å². The summed E-state index contributed by atoms with van der Waals surface area (Å²) in [5.74, 6) is 4.10. The maximum atomic E-state index is 6.31. The van der Waals surface area contributed by atoms with E-state index in [-0.39, 0.29) is 6.04 Å². The SMILES string of the molecule is CN1CCSCC1c1noc(C(C)(N)C2CC2)n1. The zero-order valence-electron chi connectivity index (χ0n) is 10.9. The van der Waals surface area contributed by atoms with Gasteiger partial charge in [0.2, 0.25) is 5.89 Å². The molecule has 5 nitrogen and oxygen atoms in total. The van der Waals surface area contributed by atoms with Gasteiger partial charge in [0, 0.05) is 18.1 Å². The molecule has 0 radical (unpaired) electrons. The van der Waals surface area contributed by atoms with Crippen LogP contribution < -0.4 is 5.73 Å². The van der Waals surface area contributed by atoms with E-state index in [0.29, 0.717) is 11.8 Å². The van der Waals surface area contributed by atoms with Crippen molar-refractivity contribution < 1.29 is 4.52 Å². The molecular weight excluding hydrogens is 248 g/mol. The van der Waals surface area contributed by atoms with Crippen molar-refractivity contribution in [3.8, 4) is 0 Å². The van der Waals surface area contributed by atoms with Crippen molar-refractivity contribution in [3.63, 3.8) is 0 Å². The minimum absolute atomic E-state index is 0.260. The molecule has 0 spiro atoms. The smallest absolute Gasteiger partial charge is 0.246 e. The highest BCUT2D eigenvalue weighted by Gasteiger charge is 2.44. The lowest BCUT2D eigenvalue weighted by Crippen LogP contribution is -2.36. The minimum atomic E-state index is -0.453. The summed E-state index contributed by atoms with van der Waals surface area (Å²) in [5.41, 5.74) is 5.85. The highest BCUT2D eigenvalue weighted by Crippen LogP contribution is 2.43. The Hall–Kier alpha value is -0.590. The van der Waals surface area contributed by atoms with Crippen molar-refractivity contribution >= 4 is 11.8 Å². The first-order valence-electron chi connectivity index (χ1n) is 6.50. The molecule has 2 fully saturated rings. The van der Waals surface area contributed by atoms with E-state index < -0.39 is 5.54 Å². The predicted octanol–water partition coefficient (Wildman–Crippen LogP) is 1.37. The zero-order valence-corrected chi connectivity index (χ0v) is 11.7. The van der Waals surface area contributed by atoms with Gasteiger partial charge in [0.05, 0.1) is 11.6 Å². The van der Waals surface area contributed by atoms with Crippen molar-refractivity contribution in [2.45, 2.75) is 31.3 Å². The molecule has 1 saturated carbocycles. The molecule has 1 aromatic rings. The molecule has 1 aliphatic heterocycles. The summed E-state index contributed by atoms with van der Waals surface area (Å²) < 4.78 is 5.41. The molecule has 100 valence electrons. The molecular formula is C12H20N4OS. The minimum Gasteiger partial charge on any atom is -0.337 e. The molecule has 2 N–H and O–H groups in total. The summed E-state index contributed by atoms with van der Waals surface area (Å²) in [6.45, 7) is 3.07. The van der Waals surface area contributed by atoms with E-state index in [1.807, 2.05) is 18.7 Å². The number of hydrogen-bond donors (Lipinski definition) is 1. The molecule has 1 aliphatic carbocycles. The van der Waals surface area contributed by atoms with Crippen molar-refractivity contribution in [1.29, 1.82) is 0 Å². The second kappa shape index (κ2) is 4.51. The van der Waals surface area contributed by atoms with Crippen LogP contribution >= 0.6 is 11.8 Å². The van der Waals surface area contributed by atoms with Crippen molar-refractivity contribution in [2.24, 2.45) is 11.7 Å². The Balaban J connectivity index is 1.80. The van der Waals surface area contributed by atoms with Gasteiger partial charge in [-0.15, -0.1) is 0 Å². The van der Waals surface area contributed by atoms with Gasteiger partial charge in [-0.2, -0.15) is 16.7 Å². The predicted molar refractivity (Wildman–Crippen MR) is 71.3 cm³/mol. The van der Waals surface area contributed by atoms with Gasteiger partial charge in [0.1, 0.15) is 0 Å². The highest BCUT2D eigenvalue weighted by molar-refractivity contribution is 7.99. The van der Waals surface area contributed by atoms with Crippen LogP contribution in [0.3, 0.4) is 0 Å². The molecule has 1 aromatic heterocycles. The first-order valence-corrected chi connectivity index (χ1v) is 7.65. The summed E-state index contributed by atoms with van der Waals surface area (Å²) >= 11 is 1.94. The van der Waals surface area contributed by atoms with Crippen LogP contribution in [-0.4, -0.2) is 40.1 Å². The van der Waals surface area contributed by atoms with Gasteiger partial charge in [0.15, 0.2) is 5.82 Å². The third kappa shape index (κ3) is 2.17.